The first-order chi connectivity index (χ1) is 7.78. The zero-order valence-corrected chi connectivity index (χ0v) is 9.23. The monoisotopic (exact) mass is 216 g/mol. The van der Waals surface area contributed by atoms with E-state index in [1.54, 1.807) is 6.07 Å². The lowest BCUT2D eigenvalue weighted by Gasteiger charge is -2.22. The van der Waals surface area contributed by atoms with Gasteiger partial charge in [0.2, 0.25) is 0 Å². The molecule has 0 radical (unpaired) electrons. The fourth-order valence-electron chi connectivity index (χ4n) is 3.55. The molecule has 3 atom stereocenters. The molecular weight excluding hydrogens is 200 g/mol. The normalized spacial score (nSPS) is 31.9. The lowest BCUT2D eigenvalue weighted by Crippen LogP contribution is -2.08. The van der Waals surface area contributed by atoms with Gasteiger partial charge in [-0.1, -0.05) is 12.5 Å². The van der Waals surface area contributed by atoms with E-state index in [0.717, 1.165) is 18.1 Å². The van der Waals surface area contributed by atoms with Gasteiger partial charge in [0.15, 0.2) is 6.29 Å². The number of aldehydes is 1. The lowest BCUT2D eigenvalue weighted by molar-refractivity contribution is 0.112. The number of phenolic OH excluding ortho intramolecular Hbond substituents is 1. The Hall–Kier alpha value is -1.31. The van der Waals surface area contributed by atoms with Crippen molar-refractivity contribution in [2.75, 3.05) is 0 Å². The van der Waals surface area contributed by atoms with E-state index in [-0.39, 0.29) is 5.75 Å². The number of carbonyl (C=O) groups excluding carboxylic acids is 1. The molecule has 1 N–H and O–H groups in total. The largest absolute Gasteiger partial charge is 0.507 e. The maximum Gasteiger partial charge on any atom is 0.153 e. The number of hydrogen-bond donors (Lipinski definition) is 1. The molecule has 84 valence electrons. The Kier molecular flexibility index (Phi) is 2.23. The maximum atomic E-state index is 10.8. The molecule has 0 heterocycles. The van der Waals surface area contributed by atoms with E-state index in [4.69, 9.17) is 0 Å². The van der Waals surface area contributed by atoms with E-state index in [9.17, 15) is 9.90 Å². The van der Waals surface area contributed by atoms with Crippen molar-refractivity contribution >= 4 is 6.29 Å². The van der Waals surface area contributed by atoms with Crippen molar-refractivity contribution in [3.63, 3.8) is 0 Å². The number of fused-ring (bicyclic) bond motifs is 2. The first-order valence-corrected chi connectivity index (χ1v) is 6.06. The summed E-state index contributed by atoms with van der Waals surface area (Å²) in [6.07, 6.45) is 6.11. The van der Waals surface area contributed by atoms with Gasteiger partial charge in [0.1, 0.15) is 5.75 Å². The summed E-state index contributed by atoms with van der Waals surface area (Å²) in [5.74, 6) is 2.44. The predicted octanol–water partition coefficient (Wildman–Crippen LogP) is 3.11. The van der Waals surface area contributed by atoms with Crippen molar-refractivity contribution in [3.05, 3.63) is 29.3 Å². The lowest BCUT2D eigenvalue weighted by atomic mass is 9.83. The number of carbonyl (C=O) groups is 1. The molecule has 2 aliphatic rings. The molecule has 1 aromatic carbocycles. The van der Waals surface area contributed by atoms with Crippen molar-refractivity contribution in [2.45, 2.75) is 31.6 Å². The number of rotatable bonds is 2. The zero-order valence-electron chi connectivity index (χ0n) is 9.23. The molecule has 0 amide bonds. The Morgan fingerprint density at radius 1 is 1.25 bits per heavy atom. The van der Waals surface area contributed by atoms with Crippen LogP contribution in [0.25, 0.3) is 0 Å². The first kappa shape index (κ1) is 9.88. The second kappa shape index (κ2) is 3.62. The molecule has 2 nitrogen and oxygen atoms in total. The quantitative estimate of drug-likeness (QED) is 0.771. The van der Waals surface area contributed by atoms with E-state index in [0.29, 0.717) is 11.5 Å². The fraction of sp³-hybridized carbons (Fsp3) is 0.500. The van der Waals surface area contributed by atoms with Gasteiger partial charge in [-0.25, -0.2) is 0 Å². The fourth-order valence-corrected chi connectivity index (χ4v) is 3.55. The summed E-state index contributed by atoms with van der Waals surface area (Å²) in [6.45, 7) is 0. The maximum absolute atomic E-state index is 10.8. The van der Waals surface area contributed by atoms with Gasteiger partial charge in [-0.15, -0.1) is 0 Å². The van der Waals surface area contributed by atoms with Crippen LogP contribution in [0.3, 0.4) is 0 Å². The van der Waals surface area contributed by atoms with Crippen LogP contribution in [0.4, 0.5) is 0 Å². The van der Waals surface area contributed by atoms with Gasteiger partial charge in [-0.3, -0.25) is 4.79 Å². The van der Waals surface area contributed by atoms with Crippen molar-refractivity contribution in [2.24, 2.45) is 11.8 Å². The molecule has 2 saturated carbocycles. The molecule has 0 saturated heterocycles. The van der Waals surface area contributed by atoms with Crippen LogP contribution in [0.1, 0.15) is 47.5 Å². The van der Waals surface area contributed by atoms with Gasteiger partial charge in [-0.2, -0.15) is 0 Å². The predicted molar refractivity (Wildman–Crippen MR) is 61.7 cm³/mol. The Morgan fingerprint density at radius 3 is 2.75 bits per heavy atom. The molecule has 2 aliphatic carbocycles. The van der Waals surface area contributed by atoms with E-state index in [1.165, 1.54) is 31.2 Å². The Bertz CT molecular complexity index is 425. The average molecular weight is 216 g/mol. The SMILES string of the molecule is O=Cc1cc(C2CC3CCC2C3)ccc1O. The molecule has 2 fully saturated rings. The Balaban J connectivity index is 1.92. The summed E-state index contributed by atoms with van der Waals surface area (Å²) in [6, 6.07) is 5.51. The van der Waals surface area contributed by atoms with Crippen molar-refractivity contribution < 1.29 is 9.90 Å². The third kappa shape index (κ3) is 1.44. The van der Waals surface area contributed by atoms with Gasteiger partial charge in [-0.05, 0) is 54.7 Å². The highest BCUT2D eigenvalue weighted by Gasteiger charge is 2.40. The molecule has 0 aromatic heterocycles. The van der Waals surface area contributed by atoms with Gasteiger partial charge < -0.3 is 5.11 Å². The second-order valence-corrected chi connectivity index (χ2v) is 5.22. The number of phenols is 1. The molecule has 0 spiro atoms. The Morgan fingerprint density at radius 2 is 2.12 bits per heavy atom. The van der Waals surface area contributed by atoms with Crippen LogP contribution in [-0.4, -0.2) is 11.4 Å². The molecule has 2 heteroatoms. The molecule has 2 bridgehead atoms. The van der Waals surface area contributed by atoms with Crippen molar-refractivity contribution in [3.8, 4) is 5.75 Å². The third-order valence-electron chi connectivity index (χ3n) is 4.34. The summed E-state index contributed by atoms with van der Waals surface area (Å²) >= 11 is 0. The van der Waals surface area contributed by atoms with Gasteiger partial charge in [0.25, 0.3) is 0 Å². The number of benzene rings is 1. The molecule has 0 aliphatic heterocycles. The molecule has 3 rings (SSSR count). The van der Waals surface area contributed by atoms with Gasteiger partial charge in [0.05, 0.1) is 5.56 Å². The highest BCUT2D eigenvalue weighted by molar-refractivity contribution is 5.79. The van der Waals surface area contributed by atoms with Crippen molar-refractivity contribution in [1.29, 1.82) is 0 Å². The number of aromatic hydroxyl groups is 1. The van der Waals surface area contributed by atoms with E-state index < -0.39 is 0 Å². The molecule has 16 heavy (non-hydrogen) atoms. The van der Waals surface area contributed by atoms with Gasteiger partial charge in [0, 0.05) is 0 Å². The van der Waals surface area contributed by atoms with Crippen LogP contribution < -0.4 is 0 Å². The minimum absolute atomic E-state index is 0.0990. The summed E-state index contributed by atoms with van der Waals surface area (Å²) in [5.41, 5.74) is 1.67. The topological polar surface area (TPSA) is 37.3 Å². The highest BCUT2D eigenvalue weighted by Crippen LogP contribution is 2.53. The van der Waals surface area contributed by atoms with Crippen LogP contribution >= 0.6 is 0 Å². The van der Waals surface area contributed by atoms with Crippen molar-refractivity contribution in [1.82, 2.24) is 0 Å². The van der Waals surface area contributed by atoms with Crippen LogP contribution in [0, 0.1) is 11.8 Å². The van der Waals surface area contributed by atoms with Crippen LogP contribution in [0.5, 0.6) is 5.75 Å². The van der Waals surface area contributed by atoms with Crippen LogP contribution in [0.15, 0.2) is 18.2 Å². The molecule has 3 unspecified atom stereocenters. The summed E-state index contributed by atoms with van der Waals surface area (Å²) in [5, 5.41) is 9.48. The summed E-state index contributed by atoms with van der Waals surface area (Å²) in [4.78, 5) is 10.8. The van der Waals surface area contributed by atoms with E-state index in [2.05, 4.69) is 0 Å². The van der Waals surface area contributed by atoms with E-state index >= 15 is 0 Å². The van der Waals surface area contributed by atoms with Crippen LogP contribution in [0.2, 0.25) is 0 Å². The Labute approximate surface area is 95.3 Å². The minimum atomic E-state index is 0.0990. The highest BCUT2D eigenvalue weighted by atomic mass is 16.3. The van der Waals surface area contributed by atoms with Crippen LogP contribution in [-0.2, 0) is 0 Å². The minimum Gasteiger partial charge on any atom is -0.507 e. The molecule has 1 aromatic rings. The second-order valence-electron chi connectivity index (χ2n) is 5.22. The summed E-state index contributed by atoms with van der Waals surface area (Å²) < 4.78 is 0. The number of hydrogen-bond acceptors (Lipinski definition) is 2. The van der Waals surface area contributed by atoms with E-state index in [1.807, 2.05) is 12.1 Å². The average Bonchev–Trinajstić information content (AvgIpc) is 2.91. The van der Waals surface area contributed by atoms with Gasteiger partial charge >= 0.3 is 0 Å². The standard InChI is InChI=1S/C14H16O2/c15-8-12-7-11(3-4-14(12)16)13-6-9-1-2-10(13)5-9/h3-4,7-10,13,16H,1-2,5-6H2. The summed E-state index contributed by atoms with van der Waals surface area (Å²) in [7, 11) is 0. The first-order valence-electron chi connectivity index (χ1n) is 6.06. The zero-order chi connectivity index (χ0) is 11.1. The third-order valence-corrected chi connectivity index (χ3v) is 4.34. The smallest absolute Gasteiger partial charge is 0.153 e. The molecular formula is C14H16O2.